The summed E-state index contributed by atoms with van der Waals surface area (Å²) in [6, 6.07) is 12.8. The number of aryl methyl sites for hydroxylation is 2. The van der Waals surface area contributed by atoms with Crippen LogP contribution in [0.25, 0.3) is 17.2 Å². The van der Waals surface area contributed by atoms with Crippen molar-refractivity contribution in [3.8, 4) is 11.1 Å². The van der Waals surface area contributed by atoms with Crippen molar-refractivity contribution in [1.82, 2.24) is 0 Å². The molecule has 0 N–H and O–H groups in total. The average Bonchev–Trinajstić information content (AvgIpc) is 3.05. The van der Waals surface area contributed by atoms with Gasteiger partial charge in [0.05, 0.1) is 6.26 Å². The van der Waals surface area contributed by atoms with Gasteiger partial charge in [0.1, 0.15) is 5.76 Å². The van der Waals surface area contributed by atoms with Crippen molar-refractivity contribution < 1.29 is 4.42 Å². The molecular formula is C24H23ClO. The first-order valence-electron chi connectivity index (χ1n) is 9.24. The predicted molar refractivity (Wildman–Crippen MR) is 110 cm³/mol. The zero-order chi connectivity index (χ0) is 18.1. The van der Waals surface area contributed by atoms with Crippen LogP contribution in [0, 0.1) is 13.8 Å². The summed E-state index contributed by atoms with van der Waals surface area (Å²) in [5, 5.41) is 0.917. The van der Waals surface area contributed by atoms with Crippen LogP contribution >= 0.6 is 11.6 Å². The fourth-order valence-electron chi connectivity index (χ4n) is 4.03. The van der Waals surface area contributed by atoms with Gasteiger partial charge in [-0.15, -0.1) is 0 Å². The van der Waals surface area contributed by atoms with Crippen LogP contribution in [-0.4, -0.2) is 0 Å². The lowest BCUT2D eigenvalue weighted by Gasteiger charge is -2.25. The summed E-state index contributed by atoms with van der Waals surface area (Å²) in [7, 11) is 0. The van der Waals surface area contributed by atoms with Crippen molar-refractivity contribution in [2.24, 2.45) is 0 Å². The molecule has 2 heteroatoms. The van der Waals surface area contributed by atoms with E-state index in [1.807, 2.05) is 26.0 Å². The van der Waals surface area contributed by atoms with Crippen molar-refractivity contribution in [2.75, 3.05) is 0 Å². The molecule has 26 heavy (non-hydrogen) atoms. The minimum atomic E-state index is 0.917. The van der Waals surface area contributed by atoms with Gasteiger partial charge in [-0.25, -0.2) is 0 Å². The Labute approximate surface area is 160 Å². The Kier molecular flexibility index (Phi) is 4.74. The Bertz CT molecular complexity index is 961. The van der Waals surface area contributed by atoms with E-state index < -0.39 is 0 Å². The number of benzene rings is 2. The summed E-state index contributed by atoms with van der Waals surface area (Å²) in [6.45, 7) is 3.95. The number of hydrogen-bond donors (Lipinski definition) is 0. The quantitative estimate of drug-likeness (QED) is 0.421. The van der Waals surface area contributed by atoms with E-state index >= 15 is 0 Å². The van der Waals surface area contributed by atoms with Crippen LogP contribution in [0.4, 0.5) is 0 Å². The number of rotatable bonds is 0. The topological polar surface area (TPSA) is 13.1 Å². The fourth-order valence-corrected chi connectivity index (χ4v) is 4.30. The van der Waals surface area contributed by atoms with Crippen LogP contribution in [0.1, 0.15) is 40.0 Å². The monoisotopic (exact) mass is 362 g/mol. The molecule has 1 nitrogen and oxygen atoms in total. The molecule has 0 bridgehead atoms. The van der Waals surface area contributed by atoms with E-state index in [4.69, 9.17) is 16.0 Å². The fraction of sp³-hybridized carbons (Fsp3) is 0.250. The zero-order valence-corrected chi connectivity index (χ0v) is 16.1. The minimum Gasteiger partial charge on any atom is -0.469 e. The molecule has 0 radical (unpaired) electrons. The molecule has 0 fully saturated rings. The summed E-state index contributed by atoms with van der Waals surface area (Å²) >= 11 is 6.34. The highest BCUT2D eigenvalue weighted by Gasteiger charge is 2.22. The third-order valence-corrected chi connectivity index (χ3v) is 5.58. The van der Waals surface area contributed by atoms with Crippen molar-refractivity contribution >= 4 is 17.7 Å². The number of fused-ring (bicyclic) bond motifs is 5. The molecular weight excluding hydrogens is 340 g/mol. The van der Waals surface area contributed by atoms with Gasteiger partial charge in [-0.2, -0.15) is 0 Å². The maximum absolute atomic E-state index is 6.34. The van der Waals surface area contributed by atoms with Gasteiger partial charge in [0, 0.05) is 5.02 Å². The van der Waals surface area contributed by atoms with Gasteiger partial charge < -0.3 is 4.42 Å². The van der Waals surface area contributed by atoms with Gasteiger partial charge in [-0.05, 0) is 90.6 Å². The summed E-state index contributed by atoms with van der Waals surface area (Å²) < 4.78 is 4.96. The average molecular weight is 363 g/mol. The molecule has 5 rings (SSSR count). The largest absolute Gasteiger partial charge is 0.469 e. The third-order valence-electron chi connectivity index (χ3n) is 5.22. The first kappa shape index (κ1) is 17.2. The van der Waals surface area contributed by atoms with Gasteiger partial charge in [-0.1, -0.05) is 48.0 Å². The van der Waals surface area contributed by atoms with Crippen LogP contribution in [0.5, 0.6) is 0 Å². The molecule has 0 unspecified atom stereocenters. The summed E-state index contributed by atoms with van der Waals surface area (Å²) in [5.74, 6) is 0.984. The van der Waals surface area contributed by atoms with E-state index in [9.17, 15) is 0 Å². The standard InChI is InChI=1S/C18H15Cl.C6H8O/c19-18-7-3-6-14-16-9-8-12-4-1-2-5-13(12)15(16)10-11-17(14)18;1-5-3-6(2)7-4-5/h1,3-4,6-9H,2,5,10-11H2;3-4H,1-2H3. The molecule has 0 saturated carbocycles. The predicted octanol–water partition coefficient (Wildman–Crippen LogP) is 6.96. The Balaban J connectivity index is 0.000000204. The van der Waals surface area contributed by atoms with Gasteiger partial charge in [0.15, 0.2) is 0 Å². The van der Waals surface area contributed by atoms with Crippen molar-refractivity contribution in [3.63, 3.8) is 0 Å². The van der Waals surface area contributed by atoms with E-state index in [0.29, 0.717) is 0 Å². The minimum absolute atomic E-state index is 0.917. The van der Waals surface area contributed by atoms with E-state index in [1.54, 1.807) is 17.4 Å². The smallest absolute Gasteiger partial charge is 0.100 e. The lowest BCUT2D eigenvalue weighted by Crippen LogP contribution is -2.10. The lowest BCUT2D eigenvalue weighted by molar-refractivity contribution is 0.533. The van der Waals surface area contributed by atoms with Gasteiger partial charge in [0.2, 0.25) is 0 Å². The van der Waals surface area contributed by atoms with Crippen molar-refractivity contribution in [1.29, 1.82) is 0 Å². The number of halogens is 1. The van der Waals surface area contributed by atoms with E-state index in [-0.39, 0.29) is 0 Å². The molecule has 0 atom stereocenters. The van der Waals surface area contributed by atoms with Crippen LogP contribution in [-0.2, 0) is 19.3 Å². The van der Waals surface area contributed by atoms with E-state index in [2.05, 4.69) is 36.4 Å². The van der Waals surface area contributed by atoms with Gasteiger partial charge in [0.25, 0.3) is 0 Å². The normalized spacial score (nSPS) is 14.0. The third kappa shape index (κ3) is 3.24. The first-order chi connectivity index (χ1) is 12.6. The number of furan rings is 1. The van der Waals surface area contributed by atoms with Crippen LogP contribution < -0.4 is 0 Å². The molecule has 0 spiro atoms. The maximum Gasteiger partial charge on any atom is 0.100 e. The molecule has 2 aromatic carbocycles. The molecule has 0 saturated heterocycles. The molecule has 3 aromatic rings. The van der Waals surface area contributed by atoms with Crippen LogP contribution in [0.2, 0.25) is 5.02 Å². The van der Waals surface area contributed by atoms with Crippen LogP contribution in [0.15, 0.2) is 53.2 Å². The summed E-state index contributed by atoms with van der Waals surface area (Å²) in [5.41, 5.74) is 9.78. The molecule has 0 aliphatic heterocycles. The Morgan fingerprint density at radius 1 is 0.885 bits per heavy atom. The molecule has 0 amide bonds. The summed E-state index contributed by atoms with van der Waals surface area (Å²) in [4.78, 5) is 0. The second-order valence-electron chi connectivity index (χ2n) is 7.10. The lowest BCUT2D eigenvalue weighted by atomic mass is 9.80. The second kappa shape index (κ2) is 7.17. The Morgan fingerprint density at radius 2 is 1.69 bits per heavy atom. The van der Waals surface area contributed by atoms with Crippen molar-refractivity contribution in [2.45, 2.75) is 39.5 Å². The zero-order valence-electron chi connectivity index (χ0n) is 15.3. The Morgan fingerprint density at radius 3 is 2.42 bits per heavy atom. The molecule has 132 valence electrons. The molecule has 2 aliphatic rings. The van der Waals surface area contributed by atoms with Crippen molar-refractivity contribution in [3.05, 3.63) is 87.3 Å². The number of hydrogen-bond acceptors (Lipinski definition) is 1. The van der Waals surface area contributed by atoms with Gasteiger partial charge >= 0.3 is 0 Å². The number of allylic oxidation sites excluding steroid dienone is 1. The Hall–Kier alpha value is -2.25. The SMILES string of the molecule is Cc1coc(C)c1.Clc1cccc2c1CCc1c-2ccc2c1CCC=C2. The highest BCUT2D eigenvalue weighted by molar-refractivity contribution is 6.31. The molecule has 1 aromatic heterocycles. The molecule has 2 aliphatic carbocycles. The van der Waals surface area contributed by atoms with E-state index in [1.165, 1.54) is 40.7 Å². The molecule has 1 heterocycles. The van der Waals surface area contributed by atoms with Crippen LogP contribution in [0.3, 0.4) is 0 Å². The highest BCUT2D eigenvalue weighted by atomic mass is 35.5. The second-order valence-corrected chi connectivity index (χ2v) is 7.51. The van der Waals surface area contributed by atoms with Gasteiger partial charge in [-0.3, -0.25) is 0 Å². The maximum atomic E-state index is 6.34. The summed E-state index contributed by atoms with van der Waals surface area (Å²) in [6.07, 6.45) is 10.9. The highest BCUT2D eigenvalue weighted by Crippen LogP contribution is 2.40. The first-order valence-corrected chi connectivity index (χ1v) is 9.62. The van der Waals surface area contributed by atoms with E-state index in [0.717, 1.165) is 23.6 Å².